The van der Waals surface area contributed by atoms with Crippen molar-refractivity contribution in [1.82, 2.24) is 5.32 Å². The van der Waals surface area contributed by atoms with Gasteiger partial charge in [-0.2, -0.15) is 0 Å². The second kappa shape index (κ2) is 9.96. The predicted octanol–water partition coefficient (Wildman–Crippen LogP) is 1.59. The summed E-state index contributed by atoms with van der Waals surface area (Å²) < 4.78 is 4.46. The fraction of sp³-hybridized carbons (Fsp3) is 0.250. The number of hydrogen-bond acceptors (Lipinski definition) is 5. The number of ether oxygens (including phenoxy) is 1. The number of amides is 2. The van der Waals surface area contributed by atoms with Gasteiger partial charge in [-0.1, -0.05) is 30.3 Å². The van der Waals surface area contributed by atoms with E-state index in [0.717, 1.165) is 11.3 Å². The highest BCUT2D eigenvalue weighted by Crippen LogP contribution is 2.13. The number of carbonyl (C=O) groups excluding carboxylic acids is 3. The normalized spacial score (nSPS) is 10.0. The van der Waals surface area contributed by atoms with Crippen LogP contribution in [0.5, 0.6) is 0 Å². The highest BCUT2D eigenvalue weighted by Gasteiger charge is 2.09. The summed E-state index contributed by atoms with van der Waals surface area (Å²) in [5, 5.41) is 5.31. The minimum absolute atomic E-state index is 0.134. The van der Waals surface area contributed by atoms with Crippen molar-refractivity contribution in [3.05, 3.63) is 60.2 Å². The molecule has 0 aliphatic rings. The predicted molar refractivity (Wildman–Crippen MR) is 104 cm³/mol. The minimum Gasteiger partial charge on any atom is -0.468 e. The fourth-order valence-corrected chi connectivity index (χ4v) is 2.39. The first kappa shape index (κ1) is 20.0. The maximum absolute atomic E-state index is 12.2. The maximum Gasteiger partial charge on any atom is 0.325 e. The number of anilines is 2. The number of hydrogen-bond donors (Lipinski definition) is 2. The van der Waals surface area contributed by atoms with Crippen LogP contribution in [0.15, 0.2) is 54.6 Å². The number of esters is 1. The average Bonchev–Trinajstić information content (AvgIpc) is 2.68. The average molecular weight is 369 g/mol. The zero-order valence-electron chi connectivity index (χ0n) is 15.4. The van der Waals surface area contributed by atoms with Crippen LogP contribution in [-0.2, 0) is 25.5 Å². The molecule has 0 unspecified atom stereocenters. The lowest BCUT2D eigenvalue weighted by atomic mass is 10.1. The zero-order valence-corrected chi connectivity index (χ0v) is 15.4. The lowest BCUT2D eigenvalue weighted by molar-refractivity contribution is -0.141. The molecule has 0 heterocycles. The molecular weight excluding hydrogens is 346 g/mol. The first-order valence-electron chi connectivity index (χ1n) is 8.46. The van der Waals surface area contributed by atoms with E-state index in [2.05, 4.69) is 15.4 Å². The molecule has 0 fully saturated rings. The van der Waals surface area contributed by atoms with Crippen LogP contribution in [0.4, 0.5) is 11.4 Å². The number of methoxy groups -OCH3 is 1. The Bertz CT molecular complexity index is 776. The van der Waals surface area contributed by atoms with Crippen molar-refractivity contribution >= 4 is 29.2 Å². The quantitative estimate of drug-likeness (QED) is 0.690. The van der Waals surface area contributed by atoms with Gasteiger partial charge in [0.15, 0.2) is 0 Å². The summed E-state index contributed by atoms with van der Waals surface area (Å²) in [6, 6.07) is 16.6. The van der Waals surface area contributed by atoms with Gasteiger partial charge in [0.25, 0.3) is 0 Å². The summed E-state index contributed by atoms with van der Waals surface area (Å²) in [6.45, 7) is 0.0695. The first-order valence-corrected chi connectivity index (χ1v) is 8.46. The number of para-hydroxylation sites is 1. The Morgan fingerprint density at radius 1 is 0.963 bits per heavy atom. The van der Waals surface area contributed by atoms with E-state index in [0.29, 0.717) is 5.69 Å². The summed E-state index contributed by atoms with van der Waals surface area (Å²) in [7, 11) is 3.12. The Kier molecular flexibility index (Phi) is 7.37. The van der Waals surface area contributed by atoms with Gasteiger partial charge < -0.3 is 20.3 Å². The van der Waals surface area contributed by atoms with E-state index in [1.807, 2.05) is 42.3 Å². The van der Waals surface area contributed by atoms with E-state index in [9.17, 15) is 14.4 Å². The van der Waals surface area contributed by atoms with Gasteiger partial charge in [-0.25, -0.2) is 0 Å². The number of likely N-dealkylation sites (N-methyl/N-ethyl adjacent to an activating group) is 1. The molecule has 0 aliphatic carbocycles. The van der Waals surface area contributed by atoms with Gasteiger partial charge in [0.2, 0.25) is 11.8 Å². The van der Waals surface area contributed by atoms with Gasteiger partial charge in [0.1, 0.15) is 6.54 Å². The SMILES string of the molecule is COC(=O)CNC(=O)Cc1ccc(NC(=O)CN(C)c2ccccc2)cc1. The molecule has 2 rings (SSSR count). The van der Waals surface area contributed by atoms with Gasteiger partial charge in [-0.05, 0) is 29.8 Å². The van der Waals surface area contributed by atoms with E-state index >= 15 is 0 Å². The highest BCUT2D eigenvalue weighted by atomic mass is 16.5. The standard InChI is InChI=1S/C20H23N3O4/c1-23(17-6-4-3-5-7-17)14-19(25)22-16-10-8-15(9-11-16)12-18(24)21-13-20(26)27-2/h3-11H,12-14H2,1-2H3,(H,21,24)(H,22,25). The van der Waals surface area contributed by atoms with Crippen molar-refractivity contribution in [2.45, 2.75) is 6.42 Å². The number of rotatable bonds is 8. The van der Waals surface area contributed by atoms with Gasteiger partial charge >= 0.3 is 5.97 Å². The van der Waals surface area contributed by atoms with Gasteiger partial charge in [0, 0.05) is 18.4 Å². The summed E-state index contributed by atoms with van der Waals surface area (Å²) in [5.74, 6) is -0.909. The maximum atomic E-state index is 12.2. The molecule has 2 aromatic rings. The molecule has 0 saturated heterocycles. The Labute approximate surface area is 158 Å². The van der Waals surface area contributed by atoms with E-state index in [4.69, 9.17) is 0 Å². The molecule has 2 amide bonds. The smallest absolute Gasteiger partial charge is 0.325 e. The summed E-state index contributed by atoms with van der Waals surface area (Å²) >= 11 is 0. The molecule has 2 N–H and O–H groups in total. The molecule has 7 nitrogen and oxygen atoms in total. The molecule has 0 spiro atoms. The van der Waals surface area contributed by atoms with Crippen molar-refractivity contribution in [3.63, 3.8) is 0 Å². The number of nitrogens with zero attached hydrogens (tertiary/aromatic N) is 1. The van der Waals surface area contributed by atoms with E-state index in [1.165, 1.54) is 7.11 Å². The number of nitrogens with one attached hydrogen (secondary N) is 2. The third-order valence-corrected chi connectivity index (χ3v) is 3.84. The fourth-order valence-electron chi connectivity index (χ4n) is 2.39. The van der Waals surface area contributed by atoms with E-state index in [1.54, 1.807) is 24.3 Å². The Morgan fingerprint density at radius 3 is 2.26 bits per heavy atom. The van der Waals surface area contributed by atoms with Crippen molar-refractivity contribution in [1.29, 1.82) is 0 Å². The second-order valence-corrected chi connectivity index (χ2v) is 5.97. The molecule has 0 aromatic heterocycles. The van der Waals surface area contributed by atoms with Crippen LogP contribution in [0.1, 0.15) is 5.56 Å². The van der Waals surface area contributed by atoms with Crippen molar-refractivity contribution in [2.24, 2.45) is 0 Å². The summed E-state index contributed by atoms with van der Waals surface area (Å²) in [5.41, 5.74) is 2.39. The van der Waals surface area contributed by atoms with Crippen LogP contribution in [0.2, 0.25) is 0 Å². The van der Waals surface area contributed by atoms with Crippen molar-refractivity contribution in [2.75, 3.05) is 37.5 Å². The molecule has 0 atom stereocenters. The third-order valence-electron chi connectivity index (χ3n) is 3.84. The minimum atomic E-state index is -0.498. The van der Waals surface area contributed by atoms with E-state index in [-0.39, 0.29) is 31.3 Å². The van der Waals surface area contributed by atoms with Crippen LogP contribution in [0, 0.1) is 0 Å². The Balaban J connectivity index is 1.81. The van der Waals surface area contributed by atoms with Crippen LogP contribution >= 0.6 is 0 Å². The lowest BCUT2D eigenvalue weighted by Crippen LogP contribution is -2.31. The molecule has 0 saturated carbocycles. The monoisotopic (exact) mass is 369 g/mol. The number of benzene rings is 2. The third kappa shape index (κ3) is 6.81. The highest BCUT2D eigenvalue weighted by molar-refractivity contribution is 5.94. The topological polar surface area (TPSA) is 87.7 Å². The van der Waals surface area contributed by atoms with Crippen LogP contribution in [0.3, 0.4) is 0 Å². The zero-order chi connectivity index (χ0) is 19.6. The van der Waals surface area contributed by atoms with Crippen molar-refractivity contribution < 1.29 is 19.1 Å². The molecule has 0 radical (unpaired) electrons. The molecule has 27 heavy (non-hydrogen) atoms. The Hall–Kier alpha value is -3.35. The summed E-state index contributed by atoms with van der Waals surface area (Å²) in [4.78, 5) is 36.8. The molecule has 0 aliphatic heterocycles. The largest absolute Gasteiger partial charge is 0.468 e. The molecule has 2 aromatic carbocycles. The molecule has 7 heteroatoms. The lowest BCUT2D eigenvalue weighted by Gasteiger charge is -2.18. The van der Waals surface area contributed by atoms with Gasteiger partial charge in [-0.3, -0.25) is 14.4 Å². The van der Waals surface area contributed by atoms with Crippen LogP contribution in [-0.4, -0.2) is 45.0 Å². The summed E-state index contributed by atoms with van der Waals surface area (Å²) in [6.07, 6.45) is 0.141. The number of carbonyl (C=O) groups is 3. The molecule has 0 bridgehead atoms. The van der Waals surface area contributed by atoms with Gasteiger partial charge in [0.05, 0.1) is 20.1 Å². The van der Waals surface area contributed by atoms with Crippen LogP contribution < -0.4 is 15.5 Å². The van der Waals surface area contributed by atoms with Gasteiger partial charge in [-0.15, -0.1) is 0 Å². The second-order valence-electron chi connectivity index (χ2n) is 5.97. The Morgan fingerprint density at radius 2 is 1.63 bits per heavy atom. The molecular formula is C20H23N3O4. The van der Waals surface area contributed by atoms with E-state index < -0.39 is 5.97 Å². The first-order chi connectivity index (χ1) is 13.0. The van der Waals surface area contributed by atoms with Crippen LogP contribution in [0.25, 0.3) is 0 Å². The van der Waals surface area contributed by atoms with Crippen molar-refractivity contribution in [3.8, 4) is 0 Å². The molecule has 142 valence electrons.